The number of H-pyrrole nitrogens is 1. The minimum atomic E-state index is -1.05. The number of anilines is 2. The van der Waals surface area contributed by atoms with Crippen LogP contribution in [-0.2, 0) is 9.53 Å². The lowest BCUT2D eigenvalue weighted by atomic mass is 10.1. The van der Waals surface area contributed by atoms with Crippen LogP contribution in [0.25, 0.3) is 16.9 Å². The van der Waals surface area contributed by atoms with E-state index in [1.54, 1.807) is 30.3 Å². The van der Waals surface area contributed by atoms with Crippen molar-refractivity contribution in [3.63, 3.8) is 0 Å². The number of carbonyl (C=O) groups is 2. The summed E-state index contributed by atoms with van der Waals surface area (Å²) < 4.78 is 17.0. The van der Waals surface area contributed by atoms with Gasteiger partial charge in [0.1, 0.15) is 11.6 Å². The number of methoxy groups -OCH3 is 2. The highest BCUT2D eigenvalue weighted by Gasteiger charge is 2.20. The van der Waals surface area contributed by atoms with Gasteiger partial charge in [-0.25, -0.2) is 9.59 Å². The zero-order valence-corrected chi connectivity index (χ0v) is 18.2. The average molecular weight is 461 g/mol. The van der Waals surface area contributed by atoms with Crippen LogP contribution in [0.3, 0.4) is 0 Å². The van der Waals surface area contributed by atoms with Crippen LogP contribution in [0.15, 0.2) is 48.7 Å². The van der Waals surface area contributed by atoms with E-state index in [0.29, 0.717) is 45.5 Å². The van der Waals surface area contributed by atoms with Gasteiger partial charge in [-0.1, -0.05) is 6.07 Å². The minimum absolute atomic E-state index is 0.116. The maximum atomic E-state index is 11.4. The van der Waals surface area contributed by atoms with Gasteiger partial charge in [-0.05, 0) is 36.4 Å². The topological polar surface area (TPSA) is 151 Å². The predicted molar refractivity (Wildman–Crippen MR) is 120 cm³/mol. The largest absolute Gasteiger partial charge is 0.493 e. The second-order valence-electron chi connectivity index (χ2n) is 7.02. The number of carboxylic acid groups (broad SMARTS) is 1. The quantitative estimate of drug-likeness (QED) is 0.336. The van der Waals surface area contributed by atoms with Crippen LogP contribution in [0.1, 0.15) is 15.9 Å². The number of esters is 1. The van der Waals surface area contributed by atoms with Gasteiger partial charge in [0, 0.05) is 11.3 Å². The van der Waals surface area contributed by atoms with Crippen molar-refractivity contribution in [1.82, 2.24) is 14.6 Å². The van der Waals surface area contributed by atoms with Crippen LogP contribution >= 0.6 is 0 Å². The summed E-state index contributed by atoms with van der Waals surface area (Å²) in [6, 6.07) is 13.5. The number of carboxylic acids is 1. The molecule has 0 unspecified atom stereocenters. The monoisotopic (exact) mass is 461 g/mol. The molecule has 172 valence electrons. The van der Waals surface area contributed by atoms with Crippen LogP contribution in [0.5, 0.6) is 11.5 Å². The summed E-state index contributed by atoms with van der Waals surface area (Å²) in [5.74, 6) is -0.399. The Hall–Kier alpha value is -4.98. The van der Waals surface area contributed by atoms with Crippen LogP contribution in [0.2, 0.25) is 0 Å². The molecule has 2 heterocycles. The second-order valence-corrected chi connectivity index (χ2v) is 7.02. The zero-order valence-electron chi connectivity index (χ0n) is 18.2. The molecule has 11 nitrogen and oxygen atoms in total. The van der Waals surface area contributed by atoms with E-state index in [4.69, 9.17) is 9.47 Å². The first kappa shape index (κ1) is 22.2. The van der Waals surface area contributed by atoms with E-state index in [1.165, 1.54) is 37.1 Å². The van der Waals surface area contributed by atoms with Gasteiger partial charge >= 0.3 is 11.9 Å². The van der Waals surface area contributed by atoms with Gasteiger partial charge in [0.25, 0.3) is 0 Å². The third-order valence-electron chi connectivity index (χ3n) is 4.98. The van der Waals surface area contributed by atoms with E-state index in [2.05, 4.69) is 26.2 Å². The first-order valence-electron chi connectivity index (χ1n) is 9.93. The number of rotatable bonds is 8. The Kier molecular flexibility index (Phi) is 6.05. The van der Waals surface area contributed by atoms with Gasteiger partial charge in [-0.2, -0.15) is 14.9 Å². The SMILES string of the molecule is COC(=O)COc1ccc(-c2[nH]c3c(C#N)cnn3c2Nc2cccc(C(=O)O)c2)cc1OC. The second kappa shape index (κ2) is 9.25. The van der Waals surface area contributed by atoms with Crippen molar-refractivity contribution in [1.29, 1.82) is 5.26 Å². The van der Waals surface area contributed by atoms with E-state index < -0.39 is 11.9 Å². The molecule has 2 aromatic carbocycles. The number of nitrogens with one attached hydrogen (secondary N) is 2. The molecular formula is C23H19N5O6. The van der Waals surface area contributed by atoms with Crippen molar-refractivity contribution in [2.75, 3.05) is 26.1 Å². The smallest absolute Gasteiger partial charge is 0.343 e. The average Bonchev–Trinajstić information content (AvgIpc) is 3.42. The fourth-order valence-corrected chi connectivity index (χ4v) is 3.33. The Morgan fingerprint density at radius 2 is 2.03 bits per heavy atom. The first-order valence-corrected chi connectivity index (χ1v) is 9.93. The van der Waals surface area contributed by atoms with Gasteiger partial charge in [0.2, 0.25) is 0 Å². The molecule has 0 atom stereocenters. The number of hydrogen-bond acceptors (Lipinski definition) is 8. The van der Waals surface area contributed by atoms with Crippen LogP contribution in [0.4, 0.5) is 11.5 Å². The van der Waals surface area contributed by atoms with Gasteiger partial charge in [-0.15, -0.1) is 0 Å². The van der Waals surface area contributed by atoms with Crippen LogP contribution < -0.4 is 14.8 Å². The number of aromatic amines is 1. The number of aromatic carboxylic acids is 1. The standard InChI is InChI=1S/C23H19N5O6/c1-32-18-9-13(6-7-17(18)34-12-19(29)33-2)20-22(28-21(27-20)15(10-24)11-25-28)26-16-5-3-4-14(8-16)23(30)31/h3-9,11,26-27H,12H2,1-2H3,(H,30,31). The lowest BCUT2D eigenvalue weighted by molar-refractivity contribution is -0.142. The Labute approximate surface area is 193 Å². The van der Waals surface area contributed by atoms with Crippen molar-refractivity contribution < 1.29 is 28.9 Å². The number of fused-ring (bicyclic) bond motifs is 1. The Balaban J connectivity index is 1.79. The molecular weight excluding hydrogens is 442 g/mol. The molecule has 4 rings (SSSR count). The fourth-order valence-electron chi connectivity index (χ4n) is 3.33. The van der Waals surface area contributed by atoms with E-state index >= 15 is 0 Å². The van der Waals surface area contributed by atoms with E-state index in [9.17, 15) is 20.0 Å². The molecule has 3 N–H and O–H groups in total. The number of hydrogen-bond donors (Lipinski definition) is 3. The molecule has 0 spiro atoms. The highest BCUT2D eigenvalue weighted by molar-refractivity contribution is 5.89. The van der Waals surface area contributed by atoms with Crippen molar-refractivity contribution in [3.8, 4) is 28.8 Å². The summed E-state index contributed by atoms with van der Waals surface area (Å²) in [7, 11) is 2.74. The number of carbonyl (C=O) groups excluding carboxylic acids is 1. The maximum absolute atomic E-state index is 11.4. The molecule has 34 heavy (non-hydrogen) atoms. The highest BCUT2D eigenvalue weighted by Crippen LogP contribution is 2.37. The summed E-state index contributed by atoms with van der Waals surface area (Å²) in [5.41, 5.74) is 2.65. The number of benzene rings is 2. The molecule has 0 bridgehead atoms. The maximum Gasteiger partial charge on any atom is 0.343 e. The molecule has 11 heteroatoms. The molecule has 0 fully saturated rings. The molecule has 0 saturated carbocycles. The van der Waals surface area contributed by atoms with Gasteiger partial charge in [0.05, 0.1) is 31.7 Å². The molecule has 0 saturated heterocycles. The number of nitrogens with zero attached hydrogens (tertiary/aromatic N) is 3. The van der Waals surface area contributed by atoms with E-state index in [0.717, 1.165) is 0 Å². The summed E-state index contributed by atoms with van der Waals surface area (Å²) >= 11 is 0. The minimum Gasteiger partial charge on any atom is -0.493 e. The van der Waals surface area contributed by atoms with E-state index in [-0.39, 0.29) is 12.2 Å². The molecule has 4 aromatic rings. The van der Waals surface area contributed by atoms with Crippen molar-refractivity contribution >= 4 is 29.1 Å². The number of imidazole rings is 1. The molecule has 0 aliphatic heterocycles. The van der Waals surface area contributed by atoms with Crippen molar-refractivity contribution in [2.45, 2.75) is 0 Å². The predicted octanol–water partition coefficient (Wildman–Crippen LogP) is 3.20. The lowest BCUT2D eigenvalue weighted by Gasteiger charge is -2.13. The molecule has 0 amide bonds. The van der Waals surface area contributed by atoms with Crippen LogP contribution in [-0.4, -0.2) is 52.5 Å². The molecule has 2 aromatic heterocycles. The van der Waals surface area contributed by atoms with Gasteiger partial charge < -0.3 is 29.6 Å². The highest BCUT2D eigenvalue weighted by atomic mass is 16.6. The first-order chi connectivity index (χ1) is 16.4. The normalized spacial score (nSPS) is 10.5. The zero-order chi connectivity index (χ0) is 24.2. The van der Waals surface area contributed by atoms with E-state index in [1.807, 2.05) is 0 Å². The molecule has 0 aliphatic rings. The van der Waals surface area contributed by atoms with Gasteiger partial charge in [-0.3, -0.25) is 0 Å². The summed E-state index contributed by atoms with van der Waals surface area (Å²) in [6.45, 7) is -0.277. The summed E-state index contributed by atoms with van der Waals surface area (Å²) in [4.78, 5) is 26.0. The Morgan fingerprint density at radius 3 is 2.74 bits per heavy atom. The Bertz CT molecular complexity index is 1430. The Morgan fingerprint density at radius 1 is 1.21 bits per heavy atom. The fraction of sp³-hybridized carbons (Fsp3) is 0.130. The molecule has 0 aliphatic carbocycles. The third kappa shape index (κ3) is 4.20. The third-order valence-corrected chi connectivity index (χ3v) is 4.98. The number of ether oxygens (including phenoxy) is 3. The summed E-state index contributed by atoms with van der Waals surface area (Å²) in [5, 5.41) is 26.2. The van der Waals surface area contributed by atoms with Crippen molar-refractivity contribution in [3.05, 3.63) is 59.8 Å². The van der Waals surface area contributed by atoms with Crippen LogP contribution in [0, 0.1) is 11.3 Å². The number of nitriles is 1. The number of aromatic nitrogens is 3. The van der Waals surface area contributed by atoms with Crippen molar-refractivity contribution in [2.24, 2.45) is 0 Å². The summed E-state index contributed by atoms with van der Waals surface area (Å²) in [6.07, 6.45) is 1.43. The lowest BCUT2D eigenvalue weighted by Crippen LogP contribution is -2.12. The van der Waals surface area contributed by atoms with Gasteiger partial charge in [0.15, 0.2) is 29.6 Å². The molecule has 0 radical (unpaired) electrons.